The van der Waals surface area contributed by atoms with Gasteiger partial charge in [0.05, 0.1) is 26.7 Å². The van der Waals surface area contributed by atoms with E-state index in [1.165, 1.54) is 4.90 Å². The van der Waals surface area contributed by atoms with Crippen molar-refractivity contribution in [2.45, 2.75) is 18.8 Å². The molecule has 0 fully saturated rings. The van der Waals surface area contributed by atoms with Crippen LogP contribution in [0.4, 0.5) is 0 Å². The van der Waals surface area contributed by atoms with Crippen molar-refractivity contribution in [2.75, 3.05) is 13.6 Å². The third-order valence-electron chi connectivity index (χ3n) is 4.38. The molecule has 0 N–H and O–H groups in total. The number of fused-ring (bicyclic) bond motifs is 1. The molecule has 0 bridgehead atoms. The van der Waals surface area contributed by atoms with Crippen molar-refractivity contribution in [3.8, 4) is 6.07 Å². The molecular weight excluding hydrogens is 330 g/mol. The Balaban J connectivity index is 2.02. The zero-order valence-electron chi connectivity index (χ0n) is 14.3. The quantitative estimate of drug-likeness (QED) is 0.659. The SMILES string of the molecule is CN(CC#N)C(=O)[C@@](C)(Cc1nc2ccccc2s1)c1ccccc1. The van der Waals surface area contributed by atoms with Crippen LogP contribution in [-0.4, -0.2) is 29.4 Å². The van der Waals surface area contributed by atoms with Gasteiger partial charge in [-0.2, -0.15) is 5.26 Å². The number of thiazole rings is 1. The standard InChI is InChI=1S/C20H19N3OS/c1-20(15-8-4-3-5-9-15,19(24)23(2)13-12-21)14-18-22-16-10-6-7-11-17(16)25-18/h3-11H,13-14H2,1-2H3/t20-/m0/s1. The Morgan fingerprint density at radius 3 is 2.56 bits per heavy atom. The molecule has 1 amide bonds. The van der Waals surface area contributed by atoms with Gasteiger partial charge in [-0.1, -0.05) is 42.5 Å². The molecule has 0 spiro atoms. The molecule has 0 aliphatic carbocycles. The largest absolute Gasteiger partial charge is 0.332 e. The van der Waals surface area contributed by atoms with Gasteiger partial charge in [-0.05, 0) is 24.6 Å². The molecule has 1 heterocycles. The van der Waals surface area contributed by atoms with Crippen LogP contribution in [-0.2, 0) is 16.6 Å². The van der Waals surface area contributed by atoms with E-state index in [1.54, 1.807) is 18.4 Å². The first-order valence-electron chi connectivity index (χ1n) is 8.07. The molecule has 0 aliphatic heterocycles. The number of benzene rings is 2. The van der Waals surface area contributed by atoms with E-state index in [9.17, 15) is 4.79 Å². The Bertz CT molecular complexity index is 896. The third-order valence-corrected chi connectivity index (χ3v) is 5.42. The number of carbonyl (C=O) groups excluding carboxylic acids is 1. The molecule has 1 aromatic heterocycles. The first-order valence-corrected chi connectivity index (χ1v) is 8.89. The van der Waals surface area contributed by atoms with Crippen molar-refractivity contribution in [1.82, 2.24) is 9.88 Å². The summed E-state index contributed by atoms with van der Waals surface area (Å²) in [5.74, 6) is -0.0699. The van der Waals surface area contributed by atoms with E-state index in [-0.39, 0.29) is 12.5 Å². The zero-order valence-corrected chi connectivity index (χ0v) is 15.1. The minimum absolute atomic E-state index is 0.0699. The Morgan fingerprint density at radius 1 is 1.20 bits per heavy atom. The average molecular weight is 349 g/mol. The first-order chi connectivity index (χ1) is 12.0. The molecule has 4 nitrogen and oxygen atoms in total. The van der Waals surface area contributed by atoms with Gasteiger partial charge < -0.3 is 4.90 Å². The Hall–Kier alpha value is -2.71. The molecule has 1 atom stereocenters. The highest BCUT2D eigenvalue weighted by atomic mass is 32.1. The average Bonchev–Trinajstić information content (AvgIpc) is 3.04. The molecule has 5 heteroatoms. The van der Waals surface area contributed by atoms with Crippen LogP contribution in [0.2, 0.25) is 0 Å². The predicted molar refractivity (Wildman–Crippen MR) is 100 cm³/mol. The normalized spacial score (nSPS) is 13.2. The summed E-state index contributed by atoms with van der Waals surface area (Å²) >= 11 is 1.61. The van der Waals surface area contributed by atoms with E-state index in [2.05, 4.69) is 0 Å². The summed E-state index contributed by atoms with van der Waals surface area (Å²) in [6.45, 7) is 2.01. The van der Waals surface area contributed by atoms with Gasteiger partial charge in [-0.3, -0.25) is 4.79 Å². The number of rotatable bonds is 5. The Labute approximate surface area is 151 Å². The van der Waals surface area contributed by atoms with E-state index < -0.39 is 5.41 Å². The van der Waals surface area contributed by atoms with E-state index >= 15 is 0 Å². The third kappa shape index (κ3) is 3.40. The summed E-state index contributed by atoms with van der Waals surface area (Å²) in [4.78, 5) is 19.3. The van der Waals surface area contributed by atoms with Gasteiger partial charge in [-0.25, -0.2) is 4.98 Å². The van der Waals surface area contributed by atoms with Crippen molar-refractivity contribution >= 4 is 27.5 Å². The molecule has 2 aromatic carbocycles. The molecular formula is C20H19N3OS. The number of amides is 1. The van der Waals surface area contributed by atoms with E-state index in [0.717, 1.165) is 20.8 Å². The van der Waals surface area contributed by atoms with Crippen LogP contribution < -0.4 is 0 Å². The predicted octanol–water partition coefficient (Wildman–Crippen LogP) is 3.78. The summed E-state index contributed by atoms with van der Waals surface area (Å²) in [5.41, 5.74) is 1.13. The molecule has 3 aromatic rings. The minimum atomic E-state index is -0.763. The fourth-order valence-electron chi connectivity index (χ4n) is 3.00. The summed E-state index contributed by atoms with van der Waals surface area (Å²) in [5, 5.41) is 9.88. The van der Waals surface area contributed by atoms with E-state index in [1.807, 2.05) is 67.6 Å². The van der Waals surface area contributed by atoms with Crippen molar-refractivity contribution in [3.63, 3.8) is 0 Å². The maximum Gasteiger partial charge on any atom is 0.233 e. The van der Waals surface area contributed by atoms with Crippen molar-refractivity contribution in [2.24, 2.45) is 0 Å². The summed E-state index contributed by atoms with van der Waals surface area (Å²) in [6.07, 6.45) is 0.505. The lowest BCUT2D eigenvalue weighted by atomic mass is 9.78. The second kappa shape index (κ2) is 7.04. The molecule has 0 saturated carbocycles. The topological polar surface area (TPSA) is 57.0 Å². The lowest BCUT2D eigenvalue weighted by molar-refractivity contribution is -0.135. The summed E-state index contributed by atoms with van der Waals surface area (Å²) in [7, 11) is 1.67. The molecule has 0 unspecified atom stereocenters. The summed E-state index contributed by atoms with van der Waals surface area (Å²) in [6, 6.07) is 19.8. The lowest BCUT2D eigenvalue weighted by Gasteiger charge is -2.31. The number of hydrogen-bond donors (Lipinski definition) is 0. The maximum absolute atomic E-state index is 13.1. The number of nitriles is 1. The number of para-hydroxylation sites is 1. The molecule has 0 aliphatic rings. The lowest BCUT2D eigenvalue weighted by Crippen LogP contribution is -2.45. The molecule has 126 valence electrons. The highest BCUT2D eigenvalue weighted by molar-refractivity contribution is 7.18. The van der Waals surface area contributed by atoms with Crippen LogP contribution >= 0.6 is 11.3 Å². The number of likely N-dealkylation sites (N-methyl/N-ethyl adjacent to an activating group) is 1. The highest BCUT2D eigenvalue weighted by Gasteiger charge is 2.38. The maximum atomic E-state index is 13.1. The number of hydrogen-bond acceptors (Lipinski definition) is 4. The summed E-state index contributed by atoms with van der Waals surface area (Å²) < 4.78 is 1.12. The van der Waals surface area contributed by atoms with Gasteiger partial charge >= 0.3 is 0 Å². The highest BCUT2D eigenvalue weighted by Crippen LogP contribution is 2.33. The van der Waals surface area contributed by atoms with Gasteiger partial charge in [0, 0.05) is 13.5 Å². The smallest absolute Gasteiger partial charge is 0.233 e. The van der Waals surface area contributed by atoms with Gasteiger partial charge in [0.1, 0.15) is 6.54 Å². The number of carbonyl (C=O) groups is 1. The molecule has 0 radical (unpaired) electrons. The first kappa shape index (κ1) is 17.1. The van der Waals surface area contributed by atoms with Crippen LogP contribution in [0.1, 0.15) is 17.5 Å². The van der Waals surface area contributed by atoms with Crippen LogP contribution in [0.25, 0.3) is 10.2 Å². The molecule has 3 rings (SSSR count). The van der Waals surface area contributed by atoms with Gasteiger partial charge in [0.25, 0.3) is 0 Å². The fourth-order valence-corrected chi connectivity index (χ4v) is 4.13. The monoisotopic (exact) mass is 349 g/mol. The van der Waals surface area contributed by atoms with E-state index in [4.69, 9.17) is 10.2 Å². The van der Waals surface area contributed by atoms with Crippen LogP contribution in [0.3, 0.4) is 0 Å². The molecule has 0 saturated heterocycles. The van der Waals surface area contributed by atoms with Crippen molar-refractivity contribution < 1.29 is 4.79 Å². The van der Waals surface area contributed by atoms with Gasteiger partial charge in [0.2, 0.25) is 5.91 Å². The number of nitrogens with zero attached hydrogens (tertiary/aromatic N) is 3. The van der Waals surface area contributed by atoms with Crippen LogP contribution in [0.5, 0.6) is 0 Å². The second-order valence-electron chi connectivity index (χ2n) is 6.27. The van der Waals surface area contributed by atoms with Crippen LogP contribution in [0.15, 0.2) is 54.6 Å². The molecule has 25 heavy (non-hydrogen) atoms. The second-order valence-corrected chi connectivity index (χ2v) is 7.38. The number of aromatic nitrogens is 1. The Morgan fingerprint density at radius 2 is 1.88 bits per heavy atom. The van der Waals surface area contributed by atoms with Gasteiger partial charge in [0.15, 0.2) is 0 Å². The van der Waals surface area contributed by atoms with Crippen LogP contribution in [0, 0.1) is 11.3 Å². The van der Waals surface area contributed by atoms with Gasteiger partial charge in [-0.15, -0.1) is 11.3 Å². The van der Waals surface area contributed by atoms with Crippen molar-refractivity contribution in [1.29, 1.82) is 5.26 Å². The Kier molecular flexibility index (Phi) is 4.82. The van der Waals surface area contributed by atoms with E-state index in [0.29, 0.717) is 6.42 Å². The van der Waals surface area contributed by atoms with Crippen molar-refractivity contribution in [3.05, 3.63) is 65.2 Å². The minimum Gasteiger partial charge on any atom is -0.332 e. The zero-order chi connectivity index (χ0) is 17.9. The fraction of sp³-hybridized carbons (Fsp3) is 0.250.